The number of carbonyl (C=O) groups excluding carboxylic acids is 1. The third kappa shape index (κ3) is 4.20. The van der Waals surface area contributed by atoms with Gasteiger partial charge in [0.25, 0.3) is 5.91 Å². The van der Waals surface area contributed by atoms with Crippen LogP contribution >= 0.6 is 0 Å². The molecule has 158 valence electrons. The largest absolute Gasteiger partial charge is 0.338 e. The molecule has 1 aromatic carbocycles. The lowest BCUT2D eigenvalue weighted by Gasteiger charge is -2.36. The van der Waals surface area contributed by atoms with Crippen molar-refractivity contribution in [1.29, 1.82) is 0 Å². The Kier molecular flexibility index (Phi) is 6.33. The third-order valence-electron chi connectivity index (χ3n) is 6.58. The molecule has 0 saturated carbocycles. The van der Waals surface area contributed by atoms with Crippen LogP contribution in [0.2, 0.25) is 0 Å². The van der Waals surface area contributed by atoms with Crippen molar-refractivity contribution < 1.29 is 4.79 Å². The Morgan fingerprint density at radius 1 is 1.13 bits per heavy atom. The number of benzene rings is 1. The molecule has 1 amide bonds. The summed E-state index contributed by atoms with van der Waals surface area (Å²) in [7, 11) is 0. The number of nitrogens with one attached hydrogen (secondary N) is 1. The monoisotopic (exact) mass is 403 g/mol. The average molecular weight is 404 g/mol. The highest BCUT2D eigenvalue weighted by Crippen LogP contribution is 2.44. The van der Waals surface area contributed by atoms with Gasteiger partial charge in [0.1, 0.15) is 5.69 Å². The molecule has 0 radical (unpaired) electrons. The van der Waals surface area contributed by atoms with Crippen molar-refractivity contribution in [1.82, 2.24) is 15.2 Å². The minimum atomic E-state index is 0.0234. The molecular formula is C26H33N3O. The second-order valence-corrected chi connectivity index (χ2v) is 8.67. The first-order chi connectivity index (χ1) is 14.7. The predicted molar refractivity (Wildman–Crippen MR) is 122 cm³/mol. The molecule has 1 atom stereocenters. The van der Waals surface area contributed by atoms with Crippen LogP contribution < -0.4 is 5.32 Å². The molecule has 0 bridgehead atoms. The highest BCUT2D eigenvalue weighted by Gasteiger charge is 2.34. The number of fused-ring (bicyclic) bond motifs is 1. The summed E-state index contributed by atoms with van der Waals surface area (Å²) in [5.74, 6) is 0.0234. The van der Waals surface area contributed by atoms with E-state index in [4.69, 9.17) is 0 Å². The highest BCUT2D eigenvalue weighted by molar-refractivity contribution is 5.93. The van der Waals surface area contributed by atoms with Crippen LogP contribution in [0.25, 0.3) is 5.57 Å². The number of allylic oxidation sites excluding steroid dienone is 1. The van der Waals surface area contributed by atoms with Crippen molar-refractivity contribution in [2.45, 2.75) is 46.0 Å². The average Bonchev–Trinajstić information content (AvgIpc) is 3.01. The number of pyridine rings is 1. The van der Waals surface area contributed by atoms with Crippen LogP contribution in [-0.2, 0) is 6.42 Å². The minimum absolute atomic E-state index is 0.0234. The molecule has 4 nitrogen and oxygen atoms in total. The highest BCUT2D eigenvalue weighted by atomic mass is 16.2. The quantitative estimate of drug-likeness (QED) is 0.787. The summed E-state index contributed by atoms with van der Waals surface area (Å²) in [6, 6.07) is 12.7. The molecule has 1 aromatic heterocycles. The molecule has 1 fully saturated rings. The number of nitrogens with zero attached hydrogens (tertiary/aromatic N) is 2. The van der Waals surface area contributed by atoms with Crippen LogP contribution in [0.3, 0.4) is 0 Å². The van der Waals surface area contributed by atoms with Crippen LogP contribution in [0, 0.1) is 5.41 Å². The van der Waals surface area contributed by atoms with Gasteiger partial charge >= 0.3 is 0 Å². The Morgan fingerprint density at radius 2 is 2.00 bits per heavy atom. The standard InChI is InChI=1S/C26H33N3O/c1-3-16-29(4-2)25(30)24-11-10-21(19-28-24)23-18-26(12-7-14-27-15-13-26)17-20-8-5-6-9-22(20)23/h5-6,8-11,18-19,27H,3-4,7,12-17H2,1-2H3. The molecule has 30 heavy (non-hydrogen) atoms. The van der Waals surface area contributed by atoms with E-state index in [1.54, 1.807) is 0 Å². The third-order valence-corrected chi connectivity index (χ3v) is 6.58. The Bertz CT molecular complexity index is 908. The van der Waals surface area contributed by atoms with Crippen LogP contribution in [-0.4, -0.2) is 42.0 Å². The van der Waals surface area contributed by atoms with Crippen LogP contribution in [0.4, 0.5) is 0 Å². The second-order valence-electron chi connectivity index (χ2n) is 8.67. The first-order valence-corrected chi connectivity index (χ1v) is 11.4. The summed E-state index contributed by atoms with van der Waals surface area (Å²) in [6.07, 6.45) is 10.1. The van der Waals surface area contributed by atoms with Crippen molar-refractivity contribution in [3.63, 3.8) is 0 Å². The number of carbonyl (C=O) groups is 1. The summed E-state index contributed by atoms with van der Waals surface area (Å²) in [5, 5.41) is 3.56. The molecule has 4 heteroatoms. The normalized spacial score (nSPS) is 20.9. The molecule has 1 unspecified atom stereocenters. The number of aromatic nitrogens is 1. The van der Waals surface area contributed by atoms with E-state index in [9.17, 15) is 4.79 Å². The lowest BCUT2D eigenvalue weighted by atomic mass is 9.68. The van der Waals surface area contributed by atoms with Gasteiger partial charge in [0.05, 0.1) is 0 Å². The summed E-state index contributed by atoms with van der Waals surface area (Å²) >= 11 is 0. The van der Waals surface area contributed by atoms with Crippen molar-refractivity contribution in [2.24, 2.45) is 5.41 Å². The Hall–Kier alpha value is -2.46. The summed E-state index contributed by atoms with van der Waals surface area (Å²) in [6.45, 7) is 7.78. The summed E-state index contributed by atoms with van der Waals surface area (Å²) in [4.78, 5) is 19.2. The number of hydrogen-bond acceptors (Lipinski definition) is 3. The Labute approximate surface area is 180 Å². The van der Waals surface area contributed by atoms with Gasteiger partial charge in [0, 0.05) is 24.8 Å². The predicted octanol–water partition coefficient (Wildman–Crippen LogP) is 4.70. The van der Waals surface area contributed by atoms with Crippen molar-refractivity contribution in [3.8, 4) is 0 Å². The number of amides is 1. The first kappa shape index (κ1) is 20.8. The second kappa shape index (κ2) is 9.13. The van der Waals surface area contributed by atoms with E-state index in [1.807, 2.05) is 24.1 Å². The van der Waals surface area contributed by atoms with Gasteiger partial charge in [0.15, 0.2) is 0 Å². The van der Waals surface area contributed by atoms with Gasteiger partial charge in [-0.15, -0.1) is 0 Å². The van der Waals surface area contributed by atoms with Crippen LogP contribution in [0.15, 0.2) is 48.7 Å². The topological polar surface area (TPSA) is 45.2 Å². The first-order valence-electron chi connectivity index (χ1n) is 11.4. The molecule has 4 rings (SSSR count). The van der Waals surface area contributed by atoms with Crippen molar-refractivity contribution in [2.75, 3.05) is 26.2 Å². The van der Waals surface area contributed by atoms with Crippen LogP contribution in [0.1, 0.15) is 66.7 Å². The summed E-state index contributed by atoms with van der Waals surface area (Å²) in [5.41, 5.74) is 5.86. The SMILES string of the molecule is CCCN(CC)C(=O)c1ccc(C2=CC3(CCCNCC3)Cc3ccccc32)cn1. The van der Waals surface area contributed by atoms with E-state index < -0.39 is 0 Å². The summed E-state index contributed by atoms with van der Waals surface area (Å²) < 4.78 is 0. The fourth-order valence-electron chi connectivity index (χ4n) is 4.98. The zero-order valence-electron chi connectivity index (χ0n) is 18.3. The van der Waals surface area contributed by atoms with E-state index in [0.29, 0.717) is 12.2 Å². The van der Waals surface area contributed by atoms with Gasteiger partial charge in [-0.25, -0.2) is 0 Å². The van der Waals surface area contributed by atoms with Gasteiger partial charge in [-0.05, 0) is 80.3 Å². The van der Waals surface area contributed by atoms with Crippen LogP contribution in [0.5, 0.6) is 0 Å². The lowest BCUT2D eigenvalue weighted by Crippen LogP contribution is -2.32. The molecule has 1 saturated heterocycles. The Morgan fingerprint density at radius 3 is 2.77 bits per heavy atom. The fourth-order valence-corrected chi connectivity index (χ4v) is 4.98. The molecule has 2 heterocycles. The fraction of sp³-hybridized carbons (Fsp3) is 0.462. The maximum absolute atomic E-state index is 12.8. The minimum Gasteiger partial charge on any atom is -0.338 e. The van der Waals surface area contributed by atoms with Gasteiger partial charge in [-0.2, -0.15) is 0 Å². The van der Waals surface area contributed by atoms with Gasteiger partial charge in [0.2, 0.25) is 0 Å². The van der Waals surface area contributed by atoms with E-state index in [2.05, 4.69) is 53.6 Å². The molecular weight excluding hydrogens is 370 g/mol. The zero-order valence-corrected chi connectivity index (χ0v) is 18.3. The Balaban J connectivity index is 1.68. The molecule has 1 aliphatic heterocycles. The van der Waals surface area contributed by atoms with Gasteiger partial charge in [-0.1, -0.05) is 43.3 Å². The number of rotatable bonds is 5. The maximum atomic E-state index is 12.8. The van der Waals surface area contributed by atoms with E-state index >= 15 is 0 Å². The lowest BCUT2D eigenvalue weighted by molar-refractivity contribution is 0.0758. The smallest absolute Gasteiger partial charge is 0.272 e. The zero-order chi connectivity index (χ0) is 21.0. The van der Waals surface area contributed by atoms with E-state index in [0.717, 1.165) is 44.5 Å². The molecule has 1 N–H and O–H groups in total. The van der Waals surface area contributed by atoms with Gasteiger partial charge in [-0.3, -0.25) is 9.78 Å². The van der Waals surface area contributed by atoms with Crippen molar-refractivity contribution >= 4 is 11.5 Å². The van der Waals surface area contributed by atoms with E-state index in [1.165, 1.54) is 29.5 Å². The molecule has 2 aromatic rings. The number of hydrogen-bond donors (Lipinski definition) is 1. The molecule has 1 spiro atoms. The maximum Gasteiger partial charge on any atom is 0.272 e. The van der Waals surface area contributed by atoms with Gasteiger partial charge < -0.3 is 10.2 Å². The van der Waals surface area contributed by atoms with E-state index in [-0.39, 0.29) is 11.3 Å². The molecule has 1 aliphatic carbocycles. The molecule has 2 aliphatic rings. The van der Waals surface area contributed by atoms with Crippen molar-refractivity contribution in [3.05, 3.63) is 71.1 Å².